The Balaban J connectivity index is 1.24. The summed E-state index contributed by atoms with van der Waals surface area (Å²) in [7, 11) is 0. The van der Waals surface area contributed by atoms with E-state index >= 15 is 0 Å². The van der Waals surface area contributed by atoms with Gasteiger partial charge in [0.15, 0.2) is 0 Å². The van der Waals surface area contributed by atoms with Gasteiger partial charge in [0.1, 0.15) is 5.82 Å². The number of hydrogen-bond donors (Lipinski definition) is 1. The first-order valence-corrected chi connectivity index (χ1v) is 10.3. The number of benzene rings is 2. The fraction of sp³-hybridized carbons (Fsp3) is 0.478. The number of nitrogens with zero attached hydrogens (tertiary/aromatic N) is 2. The molecule has 0 atom stereocenters. The van der Waals surface area contributed by atoms with Crippen molar-refractivity contribution in [2.24, 2.45) is 0 Å². The Labute approximate surface area is 162 Å². The molecule has 27 heavy (non-hydrogen) atoms. The lowest BCUT2D eigenvalue weighted by Crippen LogP contribution is -2.40. The van der Waals surface area contributed by atoms with E-state index in [2.05, 4.69) is 39.4 Å². The first kappa shape index (κ1) is 18.5. The third-order valence-electron chi connectivity index (χ3n) is 5.98. The monoisotopic (exact) mass is 367 g/mol. The van der Waals surface area contributed by atoms with E-state index < -0.39 is 0 Å². The van der Waals surface area contributed by atoms with E-state index in [9.17, 15) is 4.39 Å². The summed E-state index contributed by atoms with van der Waals surface area (Å²) in [6.45, 7) is 6.94. The minimum absolute atomic E-state index is 0.198. The summed E-state index contributed by atoms with van der Waals surface area (Å²) < 4.78 is 13.0. The molecule has 2 aromatic rings. The molecular weight excluding hydrogens is 337 g/mol. The highest BCUT2D eigenvalue weighted by Crippen LogP contribution is 2.28. The van der Waals surface area contributed by atoms with Gasteiger partial charge in [0.25, 0.3) is 0 Å². The largest absolute Gasteiger partial charge is 0.381 e. The SMILES string of the molecule is Fc1ccc(NCc2ccc(C3CCN(CN4CCCC4)CC3)cc2)cc1. The molecule has 2 aliphatic heterocycles. The second kappa shape index (κ2) is 8.85. The van der Waals surface area contributed by atoms with Gasteiger partial charge >= 0.3 is 0 Å². The van der Waals surface area contributed by atoms with Crippen molar-refractivity contribution >= 4 is 5.69 Å². The molecule has 144 valence electrons. The van der Waals surface area contributed by atoms with Crippen LogP contribution in [0.4, 0.5) is 10.1 Å². The fourth-order valence-electron chi connectivity index (χ4n) is 4.29. The number of piperidine rings is 1. The van der Waals surface area contributed by atoms with Crippen LogP contribution in [0, 0.1) is 5.82 Å². The highest BCUT2D eigenvalue weighted by Gasteiger charge is 2.22. The molecule has 0 bridgehead atoms. The van der Waals surface area contributed by atoms with Crippen molar-refractivity contribution in [2.45, 2.75) is 38.1 Å². The van der Waals surface area contributed by atoms with Crippen LogP contribution in [0.25, 0.3) is 0 Å². The van der Waals surface area contributed by atoms with Crippen molar-refractivity contribution in [3.8, 4) is 0 Å². The predicted molar refractivity (Wildman–Crippen MR) is 109 cm³/mol. The molecule has 0 saturated carbocycles. The Morgan fingerprint density at radius 3 is 2.11 bits per heavy atom. The summed E-state index contributed by atoms with van der Waals surface area (Å²) in [4.78, 5) is 5.23. The lowest BCUT2D eigenvalue weighted by Gasteiger charge is -2.34. The van der Waals surface area contributed by atoms with Crippen LogP contribution in [0.5, 0.6) is 0 Å². The standard InChI is InChI=1S/C23H30FN3/c24-22-7-9-23(10-8-22)25-17-19-3-5-20(6-4-19)21-11-15-27(16-12-21)18-26-13-1-2-14-26/h3-10,21,25H,1-2,11-18H2. The average Bonchev–Trinajstić information content (AvgIpc) is 3.22. The third kappa shape index (κ3) is 5.08. The van der Waals surface area contributed by atoms with Gasteiger partial charge in [0.05, 0.1) is 6.67 Å². The molecule has 0 spiro atoms. The molecule has 0 aromatic heterocycles. The third-order valence-corrected chi connectivity index (χ3v) is 5.98. The Morgan fingerprint density at radius 2 is 1.44 bits per heavy atom. The van der Waals surface area contributed by atoms with Crippen molar-refractivity contribution in [3.63, 3.8) is 0 Å². The van der Waals surface area contributed by atoms with Crippen LogP contribution < -0.4 is 5.32 Å². The number of anilines is 1. The second-order valence-corrected chi connectivity index (χ2v) is 7.96. The van der Waals surface area contributed by atoms with E-state index in [0.29, 0.717) is 5.92 Å². The maximum Gasteiger partial charge on any atom is 0.123 e. The Kier molecular flexibility index (Phi) is 6.05. The Hall–Kier alpha value is -1.91. The molecule has 2 heterocycles. The van der Waals surface area contributed by atoms with Gasteiger partial charge < -0.3 is 5.32 Å². The fourth-order valence-corrected chi connectivity index (χ4v) is 4.29. The smallest absolute Gasteiger partial charge is 0.123 e. The molecule has 4 rings (SSSR count). The van der Waals surface area contributed by atoms with Crippen LogP contribution in [-0.4, -0.2) is 42.6 Å². The van der Waals surface area contributed by atoms with Crippen molar-refractivity contribution in [3.05, 3.63) is 65.5 Å². The van der Waals surface area contributed by atoms with Gasteiger partial charge in [-0.1, -0.05) is 24.3 Å². The molecule has 2 aromatic carbocycles. The van der Waals surface area contributed by atoms with Gasteiger partial charge in [-0.3, -0.25) is 9.80 Å². The molecule has 1 N–H and O–H groups in total. The number of halogens is 1. The minimum Gasteiger partial charge on any atom is -0.381 e. The van der Waals surface area contributed by atoms with E-state index in [1.54, 1.807) is 12.1 Å². The van der Waals surface area contributed by atoms with Crippen LogP contribution in [0.3, 0.4) is 0 Å². The predicted octanol–water partition coefficient (Wildman–Crippen LogP) is 4.67. The zero-order valence-electron chi connectivity index (χ0n) is 16.0. The van der Waals surface area contributed by atoms with E-state index in [1.165, 1.54) is 81.8 Å². The van der Waals surface area contributed by atoms with Crippen LogP contribution in [0.15, 0.2) is 48.5 Å². The van der Waals surface area contributed by atoms with Crippen molar-refractivity contribution < 1.29 is 4.39 Å². The lowest BCUT2D eigenvalue weighted by molar-refractivity contribution is 0.124. The Bertz CT molecular complexity index is 699. The lowest BCUT2D eigenvalue weighted by atomic mass is 9.89. The van der Waals surface area contributed by atoms with Crippen LogP contribution in [-0.2, 0) is 6.54 Å². The molecule has 0 radical (unpaired) electrons. The number of rotatable bonds is 6. The average molecular weight is 368 g/mol. The van der Waals surface area contributed by atoms with Gasteiger partial charge in [-0.05, 0) is 93.2 Å². The second-order valence-electron chi connectivity index (χ2n) is 7.96. The quantitative estimate of drug-likeness (QED) is 0.800. The maximum atomic E-state index is 13.0. The van der Waals surface area contributed by atoms with Crippen molar-refractivity contribution in [1.82, 2.24) is 9.80 Å². The van der Waals surface area contributed by atoms with E-state index in [4.69, 9.17) is 0 Å². The molecule has 0 aliphatic carbocycles. The van der Waals surface area contributed by atoms with E-state index in [-0.39, 0.29) is 5.82 Å². The molecular formula is C23H30FN3. The zero-order valence-corrected chi connectivity index (χ0v) is 16.0. The van der Waals surface area contributed by atoms with Crippen LogP contribution >= 0.6 is 0 Å². The summed E-state index contributed by atoms with van der Waals surface area (Å²) in [6, 6.07) is 15.6. The maximum absolute atomic E-state index is 13.0. The molecule has 4 heteroatoms. The van der Waals surface area contributed by atoms with E-state index in [1.807, 2.05) is 0 Å². The zero-order chi connectivity index (χ0) is 18.5. The summed E-state index contributed by atoms with van der Waals surface area (Å²) in [5.74, 6) is 0.496. The van der Waals surface area contributed by atoms with Gasteiger partial charge in [0.2, 0.25) is 0 Å². The van der Waals surface area contributed by atoms with Gasteiger partial charge in [0, 0.05) is 12.2 Å². The first-order valence-electron chi connectivity index (χ1n) is 10.3. The summed E-state index contributed by atoms with van der Waals surface area (Å²) >= 11 is 0. The molecule has 2 aliphatic rings. The van der Waals surface area contributed by atoms with Gasteiger partial charge in [-0.2, -0.15) is 0 Å². The Morgan fingerprint density at radius 1 is 0.815 bits per heavy atom. The van der Waals surface area contributed by atoms with Crippen LogP contribution in [0.2, 0.25) is 0 Å². The first-order chi connectivity index (χ1) is 13.3. The normalized spacial score (nSPS) is 19.4. The van der Waals surface area contributed by atoms with Gasteiger partial charge in [-0.15, -0.1) is 0 Å². The summed E-state index contributed by atoms with van der Waals surface area (Å²) in [5, 5.41) is 3.35. The highest BCUT2D eigenvalue weighted by atomic mass is 19.1. The molecule has 2 saturated heterocycles. The number of hydrogen-bond acceptors (Lipinski definition) is 3. The molecule has 0 amide bonds. The highest BCUT2D eigenvalue weighted by molar-refractivity contribution is 5.43. The topological polar surface area (TPSA) is 18.5 Å². The van der Waals surface area contributed by atoms with Gasteiger partial charge in [-0.25, -0.2) is 4.39 Å². The summed E-state index contributed by atoms with van der Waals surface area (Å²) in [6.07, 6.45) is 5.28. The van der Waals surface area contributed by atoms with Crippen LogP contribution in [0.1, 0.15) is 42.7 Å². The van der Waals surface area contributed by atoms with Crippen molar-refractivity contribution in [1.29, 1.82) is 0 Å². The van der Waals surface area contributed by atoms with E-state index in [0.717, 1.165) is 12.2 Å². The molecule has 3 nitrogen and oxygen atoms in total. The summed E-state index contributed by atoms with van der Waals surface area (Å²) in [5.41, 5.74) is 3.68. The number of likely N-dealkylation sites (tertiary alicyclic amines) is 2. The molecule has 2 fully saturated rings. The molecule has 0 unspecified atom stereocenters. The van der Waals surface area contributed by atoms with Crippen molar-refractivity contribution in [2.75, 3.05) is 38.2 Å². The minimum atomic E-state index is -0.198. The number of nitrogens with one attached hydrogen (secondary N) is 1.